The molecular weight excluding hydrogens is 264 g/mol. The molecule has 0 amide bonds. The first kappa shape index (κ1) is 15.9. The van der Waals surface area contributed by atoms with Crippen LogP contribution in [0.25, 0.3) is 0 Å². The second-order valence-electron chi connectivity index (χ2n) is 6.61. The van der Waals surface area contributed by atoms with Crippen molar-refractivity contribution in [2.24, 2.45) is 17.8 Å². The minimum absolute atomic E-state index is 0.00890. The van der Waals surface area contributed by atoms with Crippen molar-refractivity contribution < 1.29 is 14.3 Å². The van der Waals surface area contributed by atoms with E-state index in [9.17, 15) is 4.79 Å². The van der Waals surface area contributed by atoms with Crippen LogP contribution in [0.15, 0.2) is 24.3 Å². The number of esters is 1. The lowest BCUT2D eigenvalue weighted by molar-refractivity contribution is -0.155. The van der Waals surface area contributed by atoms with Gasteiger partial charge in [0.05, 0.1) is 13.0 Å². The molecule has 116 valence electrons. The van der Waals surface area contributed by atoms with Crippen LogP contribution in [0.3, 0.4) is 0 Å². The van der Waals surface area contributed by atoms with Crippen LogP contribution in [0, 0.1) is 17.8 Å². The largest absolute Gasteiger partial charge is 0.497 e. The van der Waals surface area contributed by atoms with Gasteiger partial charge < -0.3 is 9.47 Å². The molecule has 3 nitrogen and oxygen atoms in total. The molecule has 0 saturated heterocycles. The highest BCUT2D eigenvalue weighted by atomic mass is 16.5. The molecule has 2 atom stereocenters. The Morgan fingerprint density at radius 1 is 1.10 bits per heavy atom. The normalized spacial score (nSPS) is 21.0. The van der Waals surface area contributed by atoms with Gasteiger partial charge in [-0.1, -0.05) is 39.8 Å². The number of benzene rings is 1. The minimum atomic E-state index is -0.0387. The molecule has 0 bridgehead atoms. The third kappa shape index (κ3) is 3.78. The molecule has 1 aliphatic rings. The van der Waals surface area contributed by atoms with Crippen LogP contribution < -0.4 is 4.74 Å². The smallest absolute Gasteiger partial charge is 0.309 e. The van der Waals surface area contributed by atoms with E-state index in [-0.39, 0.29) is 18.0 Å². The van der Waals surface area contributed by atoms with E-state index in [1.165, 1.54) is 5.56 Å². The zero-order valence-corrected chi connectivity index (χ0v) is 13.6. The molecule has 0 heterocycles. The van der Waals surface area contributed by atoms with Crippen LogP contribution in [0.1, 0.15) is 45.6 Å². The molecule has 1 saturated carbocycles. The van der Waals surface area contributed by atoms with E-state index in [0.717, 1.165) is 12.2 Å². The van der Waals surface area contributed by atoms with Gasteiger partial charge in [0.1, 0.15) is 11.9 Å². The quantitative estimate of drug-likeness (QED) is 0.742. The molecule has 0 N–H and O–H groups in total. The topological polar surface area (TPSA) is 35.5 Å². The Morgan fingerprint density at radius 2 is 1.67 bits per heavy atom. The third-order valence-electron chi connectivity index (χ3n) is 4.20. The molecule has 21 heavy (non-hydrogen) atoms. The molecule has 1 aromatic carbocycles. The van der Waals surface area contributed by atoms with Gasteiger partial charge in [-0.3, -0.25) is 4.79 Å². The summed E-state index contributed by atoms with van der Waals surface area (Å²) in [5.74, 6) is 1.85. The Morgan fingerprint density at radius 3 is 2.14 bits per heavy atom. The van der Waals surface area contributed by atoms with Crippen molar-refractivity contribution in [1.82, 2.24) is 0 Å². The van der Waals surface area contributed by atoms with Crippen molar-refractivity contribution in [3.8, 4) is 5.75 Å². The molecule has 0 radical (unpaired) electrons. The van der Waals surface area contributed by atoms with Crippen molar-refractivity contribution in [2.45, 2.75) is 46.1 Å². The Hall–Kier alpha value is -1.51. The van der Waals surface area contributed by atoms with E-state index in [1.54, 1.807) is 7.11 Å². The zero-order valence-electron chi connectivity index (χ0n) is 13.6. The number of ether oxygens (including phenoxy) is 2. The van der Waals surface area contributed by atoms with Crippen LogP contribution >= 0.6 is 0 Å². The van der Waals surface area contributed by atoms with Gasteiger partial charge in [-0.25, -0.2) is 0 Å². The molecule has 2 rings (SSSR count). The van der Waals surface area contributed by atoms with E-state index in [2.05, 4.69) is 27.7 Å². The van der Waals surface area contributed by atoms with Crippen molar-refractivity contribution in [1.29, 1.82) is 0 Å². The first-order valence-electron chi connectivity index (χ1n) is 7.78. The second-order valence-corrected chi connectivity index (χ2v) is 6.61. The molecule has 1 aromatic rings. The first-order valence-corrected chi connectivity index (χ1v) is 7.78. The summed E-state index contributed by atoms with van der Waals surface area (Å²) in [6, 6.07) is 7.97. The molecule has 1 aliphatic carbocycles. The fourth-order valence-electron chi connectivity index (χ4n) is 2.94. The van der Waals surface area contributed by atoms with Gasteiger partial charge in [0, 0.05) is 0 Å². The van der Waals surface area contributed by atoms with E-state index in [1.807, 2.05) is 24.3 Å². The maximum Gasteiger partial charge on any atom is 0.309 e. The summed E-state index contributed by atoms with van der Waals surface area (Å²) in [7, 11) is 1.66. The van der Waals surface area contributed by atoms with Gasteiger partial charge in [-0.15, -0.1) is 0 Å². The van der Waals surface area contributed by atoms with E-state index in [0.29, 0.717) is 17.8 Å². The molecule has 0 unspecified atom stereocenters. The van der Waals surface area contributed by atoms with Gasteiger partial charge in [0.15, 0.2) is 0 Å². The van der Waals surface area contributed by atoms with Crippen molar-refractivity contribution in [3.63, 3.8) is 0 Å². The highest BCUT2D eigenvalue weighted by molar-refractivity contribution is 5.77. The average molecular weight is 290 g/mol. The van der Waals surface area contributed by atoms with Crippen LogP contribution in [-0.2, 0) is 9.53 Å². The molecule has 1 fully saturated rings. The van der Waals surface area contributed by atoms with E-state index in [4.69, 9.17) is 9.47 Å². The number of carbonyl (C=O) groups excluding carboxylic acids is 1. The standard InChI is InChI=1S/C18H26O3/c1-11(2)17(12(3)4)21-18(19)16-10-15(16)13-6-8-14(20-5)9-7-13/h6-9,11-12,15-17H,10H2,1-5H3/t15-,16-/m0/s1. The average Bonchev–Trinajstić information content (AvgIpc) is 3.24. The maximum atomic E-state index is 12.3. The Bertz CT molecular complexity index is 468. The van der Waals surface area contributed by atoms with Crippen LogP contribution in [0.4, 0.5) is 0 Å². The number of carbonyl (C=O) groups is 1. The fourth-order valence-corrected chi connectivity index (χ4v) is 2.94. The van der Waals surface area contributed by atoms with Gasteiger partial charge in [-0.05, 0) is 41.9 Å². The summed E-state index contributed by atoms with van der Waals surface area (Å²) in [5.41, 5.74) is 1.20. The summed E-state index contributed by atoms with van der Waals surface area (Å²) in [6.45, 7) is 8.41. The van der Waals surface area contributed by atoms with E-state index < -0.39 is 0 Å². The fraction of sp³-hybridized carbons (Fsp3) is 0.611. The highest BCUT2D eigenvalue weighted by Gasteiger charge is 2.46. The molecule has 0 aromatic heterocycles. The summed E-state index contributed by atoms with van der Waals surface area (Å²) in [4.78, 5) is 12.3. The van der Waals surface area contributed by atoms with E-state index >= 15 is 0 Å². The number of hydrogen-bond acceptors (Lipinski definition) is 3. The molecular formula is C18H26O3. The van der Waals surface area contributed by atoms with Crippen LogP contribution in [0.5, 0.6) is 5.75 Å². The summed E-state index contributed by atoms with van der Waals surface area (Å²) in [6.07, 6.45) is 0.906. The third-order valence-corrected chi connectivity index (χ3v) is 4.20. The summed E-state index contributed by atoms with van der Waals surface area (Å²) < 4.78 is 10.9. The van der Waals surface area contributed by atoms with Gasteiger partial charge in [0.2, 0.25) is 0 Å². The SMILES string of the molecule is COc1ccc([C@@H]2C[C@@H]2C(=O)OC(C(C)C)C(C)C)cc1. The lowest BCUT2D eigenvalue weighted by Gasteiger charge is -2.25. The zero-order chi connectivity index (χ0) is 15.6. The number of rotatable bonds is 6. The first-order chi connectivity index (χ1) is 9.93. The number of methoxy groups -OCH3 is 1. The van der Waals surface area contributed by atoms with Crippen molar-refractivity contribution in [2.75, 3.05) is 7.11 Å². The Kier molecular flexibility index (Phi) is 4.92. The van der Waals surface area contributed by atoms with Gasteiger partial charge >= 0.3 is 5.97 Å². The lowest BCUT2D eigenvalue weighted by Crippen LogP contribution is -2.29. The lowest BCUT2D eigenvalue weighted by atomic mass is 9.96. The minimum Gasteiger partial charge on any atom is -0.497 e. The second kappa shape index (κ2) is 6.50. The Labute approximate surface area is 127 Å². The van der Waals surface area contributed by atoms with Crippen LogP contribution in [-0.4, -0.2) is 19.2 Å². The summed E-state index contributed by atoms with van der Waals surface area (Å²) in [5, 5.41) is 0. The maximum absolute atomic E-state index is 12.3. The molecule has 3 heteroatoms. The van der Waals surface area contributed by atoms with Gasteiger partial charge in [-0.2, -0.15) is 0 Å². The van der Waals surface area contributed by atoms with Gasteiger partial charge in [0.25, 0.3) is 0 Å². The number of hydrogen-bond donors (Lipinski definition) is 0. The predicted octanol–water partition coefficient (Wildman–Crippen LogP) is 4.02. The van der Waals surface area contributed by atoms with Crippen LogP contribution in [0.2, 0.25) is 0 Å². The van der Waals surface area contributed by atoms with Crippen molar-refractivity contribution >= 4 is 5.97 Å². The molecule has 0 aliphatic heterocycles. The summed E-state index contributed by atoms with van der Waals surface area (Å²) >= 11 is 0. The monoisotopic (exact) mass is 290 g/mol. The van der Waals surface area contributed by atoms with Crippen molar-refractivity contribution in [3.05, 3.63) is 29.8 Å². The predicted molar refractivity (Wildman–Crippen MR) is 83.4 cm³/mol. The molecule has 0 spiro atoms. The highest BCUT2D eigenvalue weighted by Crippen LogP contribution is 2.48. The Balaban J connectivity index is 1.94.